The number of rotatable bonds is 6. The van der Waals surface area contributed by atoms with Gasteiger partial charge in [0.1, 0.15) is 11.6 Å². The maximum Gasteiger partial charge on any atom is 0.271 e. The summed E-state index contributed by atoms with van der Waals surface area (Å²) in [6, 6.07) is 1.59. The van der Waals surface area contributed by atoms with E-state index >= 15 is 0 Å². The van der Waals surface area contributed by atoms with Gasteiger partial charge in [0.05, 0.1) is 12.1 Å². The average Bonchev–Trinajstić information content (AvgIpc) is 3.55. The molecule has 4 amide bonds. The summed E-state index contributed by atoms with van der Waals surface area (Å²) >= 11 is 0. The Labute approximate surface area is 166 Å². The highest BCUT2D eigenvalue weighted by Gasteiger charge is 2.30. The van der Waals surface area contributed by atoms with Crippen molar-refractivity contribution in [3.05, 3.63) is 24.0 Å². The number of pyridine rings is 2. The minimum absolute atomic E-state index is 0.0133. The number of carbonyl (C=O) groups is 4. The van der Waals surface area contributed by atoms with Crippen molar-refractivity contribution in [1.29, 1.82) is 0 Å². The van der Waals surface area contributed by atoms with Crippen molar-refractivity contribution in [3.63, 3.8) is 0 Å². The Hall–Kier alpha value is -3.76. The summed E-state index contributed by atoms with van der Waals surface area (Å²) in [5.74, 6) is -0.804. The number of anilines is 2. The van der Waals surface area contributed by atoms with Gasteiger partial charge in [0.15, 0.2) is 0 Å². The molecule has 0 aliphatic heterocycles. The van der Waals surface area contributed by atoms with Gasteiger partial charge in [-0.3, -0.25) is 30.0 Å². The lowest BCUT2D eigenvalue weighted by atomic mass is 10.1. The second kappa shape index (κ2) is 8.50. The Morgan fingerprint density at radius 3 is 2.48 bits per heavy atom. The third-order valence-electron chi connectivity index (χ3n) is 4.27. The number of nitrogens with one attached hydrogen (secondary N) is 5. The molecule has 0 bridgehead atoms. The van der Waals surface area contributed by atoms with Gasteiger partial charge in [-0.2, -0.15) is 0 Å². The molecule has 152 valence electrons. The highest BCUT2D eigenvalue weighted by atomic mass is 16.2. The summed E-state index contributed by atoms with van der Waals surface area (Å²) in [5, 5.41) is 9.07. The standard InChI is InChI=1S/C18H21N7O4/c1-9(26)20-8-15(27)24-25-18(29)13-7-22-16(19-2)12-6-21-14(5-11(12)13)23-17(28)10-3-4-10/h5-7,10H,3-4,8H2,1-2H3,(H,19,22)(H,20,26)(H,24,27)(H,25,29)(H,21,23,28). The number of aromatic nitrogens is 2. The lowest BCUT2D eigenvalue weighted by Gasteiger charge is -2.12. The fraction of sp³-hybridized carbons (Fsp3) is 0.333. The van der Waals surface area contributed by atoms with Crippen LogP contribution in [-0.4, -0.2) is 47.2 Å². The summed E-state index contributed by atoms with van der Waals surface area (Å²) in [6.45, 7) is 1.01. The molecule has 2 aromatic rings. The van der Waals surface area contributed by atoms with Crippen LogP contribution in [0, 0.1) is 5.92 Å². The van der Waals surface area contributed by atoms with Crippen molar-refractivity contribution in [2.45, 2.75) is 19.8 Å². The van der Waals surface area contributed by atoms with E-state index in [0.29, 0.717) is 22.4 Å². The number of amides is 4. The molecule has 0 unspecified atom stereocenters. The molecule has 0 saturated heterocycles. The molecule has 5 N–H and O–H groups in total. The Morgan fingerprint density at radius 1 is 1.07 bits per heavy atom. The molecule has 1 aliphatic rings. The van der Waals surface area contributed by atoms with E-state index in [1.807, 2.05) is 0 Å². The molecule has 1 saturated carbocycles. The molecule has 0 atom stereocenters. The minimum Gasteiger partial charge on any atom is -0.373 e. The molecule has 0 aromatic carbocycles. The highest BCUT2D eigenvalue weighted by Crippen LogP contribution is 2.31. The number of hydrogen-bond donors (Lipinski definition) is 5. The Bertz CT molecular complexity index is 988. The molecule has 3 rings (SSSR count). The van der Waals surface area contributed by atoms with Crippen LogP contribution in [0.15, 0.2) is 18.5 Å². The van der Waals surface area contributed by atoms with Crippen LogP contribution >= 0.6 is 0 Å². The van der Waals surface area contributed by atoms with Gasteiger partial charge in [-0.15, -0.1) is 0 Å². The van der Waals surface area contributed by atoms with Crippen molar-refractivity contribution in [1.82, 2.24) is 26.1 Å². The summed E-state index contributed by atoms with van der Waals surface area (Å²) in [7, 11) is 1.69. The third kappa shape index (κ3) is 4.94. The van der Waals surface area contributed by atoms with E-state index in [2.05, 4.69) is 36.8 Å². The molecule has 29 heavy (non-hydrogen) atoms. The molecule has 0 spiro atoms. The monoisotopic (exact) mass is 399 g/mol. The van der Waals surface area contributed by atoms with Crippen LogP contribution in [0.25, 0.3) is 10.8 Å². The third-order valence-corrected chi connectivity index (χ3v) is 4.27. The van der Waals surface area contributed by atoms with Crippen LogP contribution in [0.5, 0.6) is 0 Å². The second-order valence-electron chi connectivity index (χ2n) is 6.56. The van der Waals surface area contributed by atoms with Gasteiger partial charge >= 0.3 is 0 Å². The number of hydrogen-bond acceptors (Lipinski definition) is 7. The predicted molar refractivity (Wildman–Crippen MR) is 105 cm³/mol. The van der Waals surface area contributed by atoms with Crippen molar-refractivity contribution in [2.24, 2.45) is 5.92 Å². The first kappa shape index (κ1) is 20.0. The van der Waals surface area contributed by atoms with E-state index < -0.39 is 11.8 Å². The Kier molecular flexibility index (Phi) is 5.86. The maximum absolute atomic E-state index is 12.6. The van der Waals surface area contributed by atoms with E-state index in [4.69, 9.17) is 0 Å². The molecule has 11 nitrogen and oxygen atoms in total. The van der Waals surface area contributed by atoms with E-state index in [1.165, 1.54) is 19.3 Å². The molecule has 2 heterocycles. The number of fused-ring (bicyclic) bond motifs is 1. The SMILES string of the molecule is CNc1ncc(C(=O)NNC(=O)CNC(C)=O)c2cc(NC(=O)C3CC3)ncc12. The second-order valence-corrected chi connectivity index (χ2v) is 6.56. The van der Waals surface area contributed by atoms with E-state index in [1.54, 1.807) is 13.1 Å². The molecule has 1 aliphatic carbocycles. The van der Waals surface area contributed by atoms with Crippen LogP contribution < -0.4 is 26.8 Å². The largest absolute Gasteiger partial charge is 0.373 e. The van der Waals surface area contributed by atoms with Gasteiger partial charge in [-0.1, -0.05) is 0 Å². The van der Waals surface area contributed by atoms with Crippen molar-refractivity contribution in [3.8, 4) is 0 Å². The molecule has 2 aromatic heterocycles. The minimum atomic E-state index is -0.605. The first-order valence-corrected chi connectivity index (χ1v) is 9.00. The number of nitrogens with zero attached hydrogens (tertiary/aromatic N) is 2. The van der Waals surface area contributed by atoms with Crippen molar-refractivity contribution < 1.29 is 19.2 Å². The smallest absolute Gasteiger partial charge is 0.271 e. The zero-order valence-electron chi connectivity index (χ0n) is 16.0. The first-order chi connectivity index (χ1) is 13.9. The predicted octanol–water partition coefficient (Wildman–Crippen LogP) is -0.0829. The fourth-order valence-corrected chi connectivity index (χ4v) is 2.60. The quantitative estimate of drug-likeness (QED) is 0.426. The summed E-state index contributed by atoms with van der Waals surface area (Å²) < 4.78 is 0. The average molecular weight is 399 g/mol. The van der Waals surface area contributed by atoms with Gasteiger partial charge in [0, 0.05) is 43.1 Å². The lowest BCUT2D eigenvalue weighted by Crippen LogP contribution is -2.46. The van der Waals surface area contributed by atoms with Gasteiger partial charge in [0.25, 0.3) is 11.8 Å². The molecular formula is C18H21N7O4. The summed E-state index contributed by atoms with van der Waals surface area (Å²) in [5.41, 5.74) is 4.68. The van der Waals surface area contributed by atoms with Crippen LogP contribution in [0.2, 0.25) is 0 Å². The van der Waals surface area contributed by atoms with Gasteiger partial charge in [-0.05, 0) is 18.9 Å². The number of carbonyl (C=O) groups excluding carboxylic acids is 4. The lowest BCUT2D eigenvalue weighted by molar-refractivity contribution is -0.125. The van der Waals surface area contributed by atoms with Crippen LogP contribution in [0.4, 0.5) is 11.6 Å². The Balaban J connectivity index is 1.81. The molecule has 11 heteroatoms. The van der Waals surface area contributed by atoms with Gasteiger partial charge < -0.3 is 16.0 Å². The van der Waals surface area contributed by atoms with Gasteiger partial charge in [0.2, 0.25) is 11.8 Å². The number of hydrazine groups is 1. The van der Waals surface area contributed by atoms with E-state index in [-0.39, 0.29) is 29.8 Å². The van der Waals surface area contributed by atoms with Crippen molar-refractivity contribution in [2.75, 3.05) is 24.2 Å². The van der Waals surface area contributed by atoms with Gasteiger partial charge in [-0.25, -0.2) is 9.97 Å². The van der Waals surface area contributed by atoms with E-state index in [0.717, 1.165) is 12.8 Å². The molecule has 1 fully saturated rings. The summed E-state index contributed by atoms with van der Waals surface area (Å²) in [6.07, 6.45) is 4.59. The normalized spacial score (nSPS) is 12.8. The topological polar surface area (TPSA) is 154 Å². The summed E-state index contributed by atoms with van der Waals surface area (Å²) in [4.78, 5) is 55.5. The zero-order valence-corrected chi connectivity index (χ0v) is 16.0. The Morgan fingerprint density at radius 2 is 1.83 bits per heavy atom. The molecule has 0 radical (unpaired) electrons. The van der Waals surface area contributed by atoms with E-state index in [9.17, 15) is 19.2 Å². The van der Waals surface area contributed by atoms with Crippen LogP contribution in [0.1, 0.15) is 30.1 Å². The zero-order chi connectivity index (χ0) is 21.0. The first-order valence-electron chi connectivity index (χ1n) is 9.00. The van der Waals surface area contributed by atoms with Crippen molar-refractivity contribution >= 4 is 46.0 Å². The maximum atomic E-state index is 12.6. The van der Waals surface area contributed by atoms with Crippen LogP contribution in [0.3, 0.4) is 0 Å². The molecular weight excluding hydrogens is 378 g/mol. The highest BCUT2D eigenvalue weighted by molar-refractivity contribution is 6.10. The fourth-order valence-electron chi connectivity index (χ4n) is 2.60. The van der Waals surface area contributed by atoms with Crippen LogP contribution in [-0.2, 0) is 14.4 Å².